The van der Waals surface area contributed by atoms with Gasteiger partial charge in [-0.25, -0.2) is 4.98 Å². The summed E-state index contributed by atoms with van der Waals surface area (Å²) < 4.78 is 0. The van der Waals surface area contributed by atoms with Gasteiger partial charge in [-0.3, -0.25) is 4.79 Å². The minimum atomic E-state index is -1.05. The summed E-state index contributed by atoms with van der Waals surface area (Å²) in [5.41, 5.74) is 5.92. The molecule has 1 heterocycles. The van der Waals surface area contributed by atoms with Crippen molar-refractivity contribution in [3.8, 4) is 0 Å². The average molecular weight is 289 g/mol. The zero-order chi connectivity index (χ0) is 14.8. The summed E-state index contributed by atoms with van der Waals surface area (Å²) in [5, 5.41) is 3.82. The average Bonchev–Trinajstić information content (AvgIpc) is 2.86. The standard InChI is InChI=1S/C15H19N3OS/c1-10-9-17-13(20-10)11(2)18-14(19)15(3,16)12-7-5-4-6-8-12/h4-9,11H,16H2,1-3H3,(H,18,19). The number of rotatable bonds is 4. The van der Waals surface area contributed by atoms with Crippen LogP contribution in [0.5, 0.6) is 0 Å². The van der Waals surface area contributed by atoms with E-state index < -0.39 is 5.54 Å². The molecule has 2 atom stereocenters. The van der Waals surface area contributed by atoms with E-state index in [2.05, 4.69) is 10.3 Å². The van der Waals surface area contributed by atoms with Crippen molar-refractivity contribution in [2.45, 2.75) is 32.4 Å². The first-order valence-corrected chi connectivity index (χ1v) is 7.30. The lowest BCUT2D eigenvalue weighted by molar-refractivity contribution is -0.126. The summed E-state index contributed by atoms with van der Waals surface area (Å²) >= 11 is 1.58. The van der Waals surface area contributed by atoms with Crippen molar-refractivity contribution in [3.63, 3.8) is 0 Å². The second-order valence-electron chi connectivity index (χ2n) is 5.07. The van der Waals surface area contributed by atoms with Crippen LogP contribution in [-0.2, 0) is 10.3 Å². The van der Waals surface area contributed by atoms with Crippen LogP contribution in [0.1, 0.15) is 35.3 Å². The highest BCUT2D eigenvalue weighted by molar-refractivity contribution is 7.11. The van der Waals surface area contributed by atoms with Crippen molar-refractivity contribution in [2.75, 3.05) is 0 Å². The van der Waals surface area contributed by atoms with Crippen LogP contribution in [0.25, 0.3) is 0 Å². The maximum atomic E-state index is 12.4. The number of carbonyl (C=O) groups is 1. The van der Waals surface area contributed by atoms with E-state index in [9.17, 15) is 4.79 Å². The van der Waals surface area contributed by atoms with Gasteiger partial charge in [0.1, 0.15) is 10.5 Å². The summed E-state index contributed by atoms with van der Waals surface area (Å²) in [4.78, 5) is 17.8. The van der Waals surface area contributed by atoms with Crippen LogP contribution in [-0.4, -0.2) is 10.9 Å². The fourth-order valence-electron chi connectivity index (χ4n) is 1.90. The van der Waals surface area contributed by atoms with Crippen LogP contribution < -0.4 is 11.1 Å². The Morgan fingerprint density at radius 2 is 2.05 bits per heavy atom. The Kier molecular flexibility index (Phi) is 4.20. The second kappa shape index (κ2) is 5.73. The van der Waals surface area contributed by atoms with Crippen molar-refractivity contribution in [3.05, 3.63) is 52.0 Å². The van der Waals surface area contributed by atoms with E-state index in [1.807, 2.05) is 50.4 Å². The molecule has 0 spiro atoms. The van der Waals surface area contributed by atoms with E-state index in [0.717, 1.165) is 15.4 Å². The number of nitrogens with one attached hydrogen (secondary N) is 1. The van der Waals surface area contributed by atoms with Gasteiger partial charge in [-0.1, -0.05) is 30.3 Å². The number of hydrogen-bond acceptors (Lipinski definition) is 4. The molecule has 2 unspecified atom stereocenters. The molecule has 3 N–H and O–H groups in total. The number of carbonyl (C=O) groups excluding carboxylic acids is 1. The van der Waals surface area contributed by atoms with Crippen LogP contribution in [0.15, 0.2) is 36.5 Å². The molecule has 2 rings (SSSR count). The SMILES string of the molecule is Cc1cnc(C(C)NC(=O)C(C)(N)c2ccccc2)s1. The number of benzene rings is 1. The lowest BCUT2D eigenvalue weighted by Crippen LogP contribution is -2.49. The molecule has 0 bridgehead atoms. The number of nitrogens with zero attached hydrogens (tertiary/aromatic N) is 1. The molecular weight excluding hydrogens is 270 g/mol. The van der Waals surface area contributed by atoms with Gasteiger partial charge in [0, 0.05) is 11.1 Å². The molecule has 1 amide bonds. The summed E-state index contributed by atoms with van der Waals surface area (Å²) in [7, 11) is 0. The molecule has 5 heteroatoms. The van der Waals surface area contributed by atoms with Gasteiger partial charge >= 0.3 is 0 Å². The molecule has 0 saturated carbocycles. The summed E-state index contributed by atoms with van der Waals surface area (Å²) in [6, 6.07) is 9.23. The molecular formula is C15H19N3OS. The monoisotopic (exact) mass is 289 g/mol. The van der Waals surface area contributed by atoms with Crippen molar-refractivity contribution < 1.29 is 4.79 Å². The van der Waals surface area contributed by atoms with Crippen molar-refractivity contribution in [1.82, 2.24) is 10.3 Å². The highest BCUT2D eigenvalue weighted by atomic mass is 32.1. The van der Waals surface area contributed by atoms with Gasteiger partial charge in [0.25, 0.3) is 0 Å². The van der Waals surface area contributed by atoms with Crippen LogP contribution >= 0.6 is 11.3 Å². The maximum Gasteiger partial charge on any atom is 0.244 e. The maximum absolute atomic E-state index is 12.4. The third-order valence-electron chi connectivity index (χ3n) is 3.20. The summed E-state index contributed by atoms with van der Waals surface area (Å²) in [6.45, 7) is 5.63. The highest BCUT2D eigenvalue weighted by Gasteiger charge is 2.31. The minimum Gasteiger partial charge on any atom is -0.345 e. The fraction of sp³-hybridized carbons (Fsp3) is 0.333. The quantitative estimate of drug-likeness (QED) is 0.908. The van der Waals surface area contributed by atoms with E-state index >= 15 is 0 Å². The van der Waals surface area contributed by atoms with Crippen LogP contribution in [0, 0.1) is 6.92 Å². The lowest BCUT2D eigenvalue weighted by atomic mass is 9.92. The third-order valence-corrected chi connectivity index (χ3v) is 4.30. The fourth-order valence-corrected chi connectivity index (χ4v) is 2.67. The van der Waals surface area contributed by atoms with Crippen molar-refractivity contribution in [1.29, 1.82) is 0 Å². The zero-order valence-corrected chi connectivity index (χ0v) is 12.7. The molecule has 0 aliphatic carbocycles. The van der Waals surface area contributed by atoms with Gasteiger partial charge < -0.3 is 11.1 Å². The van der Waals surface area contributed by atoms with Gasteiger partial charge in [0.15, 0.2) is 0 Å². The van der Waals surface area contributed by atoms with E-state index in [1.165, 1.54) is 0 Å². The van der Waals surface area contributed by atoms with Gasteiger partial charge in [-0.15, -0.1) is 11.3 Å². The Bertz CT molecular complexity index is 592. The first-order valence-electron chi connectivity index (χ1n) is 6.49. The van der Waals surface area contributed by atoms with Crippen molar-refractivity contribution >= 4 is 17.2 Å². The predicted molar refractivity (Wildman–Crippen MR) is 81.4 cm³/mol. The van der Waals surface area contributed by atoms with Gasteiger partial charge in [0.2, 0.25) is 5.91 Å². The van der Waals surface area contributed by atoms with Crippen LogP contribution in [0.3, 0.4) is 0 Å². The highest BCUT2D eigenvalue weighted by Crippen LogP contribution is 2.22. The van der Waals surface area contributed by atoms with Gasteiger partial charge in [0.05, 0.1) is 6.04 Å². The Labute approximate surface area is 123 Å². The zero-order valence-electron chi connectivity index (χ0n) is 11.9. The van der Waals surface area contributed by atoms with Crippen LogP contribution in [0.4, 0.5) is 0 Å². The molecule has 1 aromatic carbocycles. The topological polar surface area (TPSA) is 68.0 Å². The van der Waals surface area contributed by atoms with E-state index in [-0.39, 0.29) is 11.9 Å². The van der Waals surface area contributed by atoms with E-state index in [0.29, 0.717) is 0 Å². The molecule has 1 aromatic heterocycles. The van der Waals surface area contributed by atoms with Gasteiger partial charge in [-0.2, -0.15) is 0 Å². The number of amides is 1. The van der Waals surface area contributed by atoms with E-state index in [1.54, 1.807) is 18.3 Å². The Morgan fingerprint density at radius 1 is 1.40 bits per heavy atom. The third kappa shape index (κ3) is 3.05. The largest absolute Gasteiger partial charge is 0.345 e. The summed E-state index contributed by atoms with van der Waals surface area (Å²) in [5.74, 6) is -0.205. The first-order chi connectivity index (χ1) is 9.41. The molecule has 106 valence electrons. The molecule has 2 aromatic rings. The predicted octanol–water partition coefficient (Wildman–Crippen LogP) is 2.50. The Hall–Kier alpha value is -1.72. The molecule has 0 radical (unpaired) electrons. The van der Waals surface area contributed by atoms with E-state index in [4.69, 9.17) is 5.73 Å². The minimum absolute atomic E-state index is 0.146. The molecule has 4 nitrogen and oxygen atoms in total. The Morgan fingerprint density at radius 3 is 2.60 bits per heavy atom. The smallest absolute Gasteiger partial charge is 0.244 e. The number of aryl methyl sites for hydroxylation is 1. The summed E-state index contributed by atoms with van der Waals surface area (Å²) in [6.07, 6.45) is 1.81. The molecule has 0 saturated heterocycles. The Balaban J connectivity index is 2.11. The number of nitrogens with two attached hydrogens (primary N) is 1. The molecule has 0 aliphatic heterocycles. The first kappa shape index (κ1) is 14.7. The molecule has 0 aliphatic rings. The lowest BCUT2D eigenvalue weighted by Gasteiger charge is -2.25. The normalized spacial score (nSPS) is 15.4. The molecule has 0 fully saturated rings. The number of thiazole rings is 1. The van der Waals surface area contributed by atoms with Gasteiger partial charge in [-0.05, 0) is 26.3 Å². The number of aromatic nitrogens is 1. The second-order valence-corrected chi connectivity index (χ2v) is 6.34. The molecule has 20 heavy (non-hydrogen) atoms. The van der Waals surface area contributed by atoms with Crippen molar-refractivity contribution in [2.24, 2.45) is 5.73 Å². The number of hydrogen-bond donors (Lipinski definition) is 2. The van der Waals surface area contributed by atoms with Crippen LogP contribution in [0.2, 0.25) is 0 Å².